The minimum absolute atomic E-state index is 0.0598. The van der Waals surface area contributed by atoms with Crippen LogP contribution in [0, 0.1) is 13.8 Å². The second-order valence-corrected chi connectivity index (χ2v) is 8.37. The van der Waals surface area contributed by atoms with Crippen molar-refractivity contribution >= 4 is 34.2 Å². The second kappa shape index (κ2) is 8.63. The summed E-state index contributed by atoms with van der Waals surface area (Å²) < 4.78 is 11.4. The lowest BCUT2D eigenvalue weighted by Crippen LogP contribution is -2.52. The Morgan fingerprint density at radius 2 is 1.84 bits per heavy atom. The highest BCUT2D eigenvalue weighted by Crippen LogP contribution is 2.30. The summed E-state index contributed by atoms with van der Waals surface area (Å²) in [4.78, 5) is 28.8. The molecule has 1 unspecified atom stereocenters. The minimum Gasteiger partial charge on any atom is -0.480 e. The molecule has 1 fully saturated rings. The molecule has 3 aromatic rings. The van der Waals surface area contributed by atoms with E-state index in [1.807, 2.05) is 49.1 Å². The van der Waals surface area contributed by atoms with Crippen LogP contribution in [-0.4, -0.2) is 43.1 Å². The third-order valence-corrected chi connectivity index (χ3v) is 5.80. The molecular formula is C24H25ClN2O4. The van der Waals surface area contributed by atoms with E-state index in [9.17, 15) is 9.59 Å². The third-order valence-electron chi connectivity index (χ3n) is 5.57. The predicted octanol–water partition coefficient (Wildman–Crippen LogP) is 4.18. The molecule has 4 rings (SSSR count). The van der Waals surface area contributed by atoms with Crippen LogP contribution in [-0.2, 0) is 4.79 Å². The molecule has 6 nitrogen and oxygen atoms in total. The number of anilines is 1. The van der Waals surface area contributed by atoms with Crippen LogP contribution in [0.5, 0.6) is 5.75 Å². The van der Waals surface area contributed by atoms with E-state index in [1.54, 1.807) is 13.0 Å². The van der Waals surface area contributed by atoms with E-state index in [4.69, 9.17) is 20.8 Å². The number of nitrogens with zero attached hydrogens (tertiary/aromatic N) is 2. The number of hydrogen-bond donors (Lipinski definition) is 0. The van der Waals surface area contributed by atoms with Gasteiger partial charge in [0.1, 0.15) is 11.3 Å². The summed E-state index contributed by atoms with van der Waals surface area (Å²) in [5.74, 6) is 0.491. The number of halogens is 1. The molecule has 7 heteroatoms. The highest BCUT2D eigenvalue weighted by atomic mass is 35.5. The van der Waals surface area contributed by atoms with Crippen molar-refractivity contribution in [3.05, 3.63) is 69.0 Å². The van der Waals surface area contributed by atoms with Gasteiger partial charge in [-0.25, -0.2) is 4.79 Å². The molecule has 1 amide bonds. The van der Waals surface area contributed by atoms with Crippen LogP contribution in [0.15, 0.2) is 51.7 Å². The van der Waals surface area contributed by atoms with Crippen LogP contribution >= 0.6 is 11.6 Å². The van der Waals surface area contributed by atoms with Crippen molar-refractivity contribution in [2.24, 2.45) is 0 Å². The van der Waals surface area contributed by atoms with E-state index in [0.29, 0.717) is 29.4 Å². The summed E-state index contributed by atoms with van der Waals surface area (Å²) >= 11 is 6.10. The average molecular weight is 441 g/mol. The Kier molecular flexibility index (Phi) is 5.92. The van der Waals surface area contributed by atoms with Gasteiger partial charge in [-0.2, -0.15) is 0 Å². The maximum absolute atomic E-state index is 13.0. The summed E-state index contributed by atoms with van der Waals surface area (Å²) in [7, 11) is 0. The molecule has 1 atom stereocenters. The first-order valence-electron chi connectivity index (χ1n) is 10.3. The molecule has 1 saturated heterocycles. The first kappa shape index (κ1) is 21.2. The van der Waals surface area contributed by atoms with Crippen molar-refractivity contribution in [3.8, 4) is 5.75 Å². The SMILES string of the molecule is Cc1cc(OC(C)C(=O)N2CCN(c3cccc(Cl)c3)CC2)c2c(C)cc(=O)oc2c1. The molecule has 1 aliphatic heterocycles. The number of rotatable bonds is 4. The molecular weight excluding hydrogens is 416 g/mol. The summed E-state index contributed by atoms with van der Waals surface area (Å²) in [5, 5.41) is 1.42. The van der Waals surface area contributed by atoms with Crippen molar-refractivity contribution in [2.45, 2.75) is 26.9 Å². The summed E-state index contributed by atoms with van der Waals surface area (Å²) in [5.41, 5.74) is 2.78. The number of hydrogen-bond acceptors (Lipinski definition) is 5. The van der Waals surface area contributed by atoms with Gasteiger partial charge < -0.3 is 19.0 Å². The van der Waals surface area contributed by atoms with Crippen LogP contribution in [0.2, 0.25) is 5.02 Å². The van der Waals surface area contributed by atoms with E-state index in [2.05, 4.69) is 4.90 Å². The monoisotopic (exact) mass is 440 g/mol. The maximum atomic E-state index is 13.0. The number of aryl methyl sites for hydroxylation is 2. The lowest BCUT2D eigenvalue weighted by molar-refractivity contribution is -0.138. The van der Waals surface area contributed by atoms with E-state index in [1.165, 1.54) is 6.07 Å². The number of fused-ring (bicyclic) bond motifs is 1. The van der Waals surface area contributed by atoms with Crippen LogP contribution in [0.25, 0.3) is 11.0 Å². The van der Waals surface area contributed by atoms with Gasteiger partial charge in [0.2, 0.25) is 0 Å². The quantitative estimate of drug-likeness (QED) is 0.569. The Balaban J connectivity index is 1.47. The van der Waals surface area contributed by atoms with Crippen molar-refractivity contribution in [2.75, 3.05) is 31.1 Å². The molecule has 2 aromatic carbocycles. The number of carbonyl (C=O) groups excluding carboxylic acids is 1. The molecule has 162 valence electrons. The summed E-state index contributed by atoms with van der Waals surface area (Å²) in [6, 6.07) is 12.9. The number of benzene rings is 2. The number of piperazine rings is 1. The van der Waals surface area contributed by atoms with Crippen LogP contribution in [0.1, 0.15) is 18.1 Å². The molecule has 0 bridgehead atoms. The zero-order valence-electron chi connectivity index (χ0n) is 17.9. The first-order valence-corrected chi connectivity index (χ1v) is 10.7. The maximum Gasteiger partial charge on any atom is 0.336 e. The van der Waals surface area contributed by atoms with Crippen LogP contribution in [0.3, 0.4) is 0 Å². The molecule has 0 aliphatic carbocycles. The Hall–Kier alpha value is -2.99. The molecule has 1 aliphatic rings. The highest BCUT2D eigenvalue weighted by molar-refractivity contribution is 6.30. The number of ether oxygens (including phenoxy) is 1. The molecule has 0 saturated carbocycles. The topological polar surface area (TPSA) is 63.0 Å². The van der Waals surface area contributed by atoms with E-state index >= 15 is 0 Å². The fourth-order valence-electron chi connectivity index (χ4n) is 4.03. The van der Waals surface area contributed by atoms with Gasteiger partial charge in [-0.3, -0.25) is 4.79 Å². The van der Waals surface area contributed by atoms with E-state index in [-0.39, 0.29) is 5.91 Å². The van der Waals surface area contributed by atoms with Crippen LogP contribution < -0.4 is 15.3 Å². The zero-order valence-corrected chi connectivity index (χ0v) is 18.6. The van der Waals surface area contributed by atoms with Crippen molar-refractivity contribution in [1.82, 2.24) is 4.90 Å². The Labute approximate surface area is 186 Å². The third kappa shape index (κ3) is 4.54. The molecule has 1 aromatic heterocycles. The largest absolute Gasteiger partial charge is 0.480 e. The van der Waals surface area contributed by atoms with Gasteiger partial charge in [-0.1, -0.05) is 17.7 Å². The second-order valence-electron chi connectivity index (χ2n) is 7.94. The fraction of sp³-hybridized carbons (Fsp3) is 0.333. The van der Waals surface area contributed by atoms with Gasteiger partial charge >= 0.3 is 5.63 Å². The number of carbonyl (C=O) groups is 1. The molecule has 0 N–H and O–H groups in total. The van der Waals surface area contributed by atoms with Gasteiger partial charge in [0, 0.05) is 43.0 Å². The Morgan fingerprint density at radius 3 is 2.55 bits per heavy atom. The van der Waals surface area contributed by atoms with Crippen LogP contribution in [0.4, 0.5) is 5.69 Å². The molecule has 0 radical (unpaired) electrons. The van der Waals surface area contributed by atoms with Crippen molar-refractivity contribution < 1.29 is 13.9 Å². The van der Waals surface area contributed by atoms with Gasteiger partial charge in [0.15, 0.2) is 6.10 Å². The Morgan fingerprint density at radius 1 is 1.10 bits per heavy atom. The molecule has 31 heavy (non-hydrogen) atoms. The first-order chi connectivity index (χ1) is 14.8. The molecule has 2 heterocycles. The van der Waals surface area contributed by atoms with E-state index in [0.717, 1.165) is 35.3 Å². The standard InChI is InChI=1S/C24H25ClN2O4/c1-15-11-20(23-16(2)13-22(28)31-21(23)12-15)30-17(3)24(29)27-9-7-26(8-10-27)19-6-4-5-18(25)14-19/h4-6,11-14,17H,7-10H2,1-3H3. The predicted molar refractivity (Wildman–Crippen MR) is 122 cm³/mol. The van der Waals surface area contributed by atoms with Gasteiger partial charge in [0.05, 0.1) is 5.39 Å². The lowest BCUT2D eigenvalue weighted by Gasteiger charge is -2.37. The lowest BCUT2D eigenvalue weighted by atomic mass is 10.1. The van der Waals surface area contributed by atoms with Crippen molar-refractivity contribution in [1.29, 1.82) is 0 Å². The minimum atomic E-state index is -0.658. The van der Waals surface area contributed by atoms with Gasteiger partial charge in [-0.15, -0.1) is 0 Å². The van der Waals surface area contributed by atoms with Crippen molar-refractivity contribution in [3.63, 3.8) is 0 Å². The van der Waals surface area contributed by atoms with Gasteiger partial charge in [-0.05, 0) is 62.2 Å². The smallest absolute Gasteiger partial charge is 0.336 e. The average Bonchev–Trinajstić information content (AvgIpc) is 2.72. The highest BCUT2D eigenvalue weighted by Gasteiger charge is 2.27. The normalized spacial score (nSPS) is 15.2. The van der Waals surface area contributed by atoms with Gasteiger partial charge in [0.25, 0.3) is 5.91 Å². The zero-order chi connectivity index (χ0) is 22.1. The molecule has 0 spiro atoms. The Bertz CT molecular complexity index is 1180. The fourth-order valence-corrected chi connectivity index (χ4v) is 4.21. The summed E-state index contributed by atoms with van der Waals surface area (Å²) in [6.45, 7) is 8.18. The number of amides is 1. The van der Waals surface area contributed by atoms with E-state index < -0.39 is 11.7 Å². The summed E-state index contributed by atoms with van der Waals surface area (Å²) in [6.07, 6.45) is -0.658.